The van der Waals surface area contributed by atoms with Gasteiger partial charge in [-0.05, 0) is 24.8 Å². The van der Waals surface area contributed by atoms with Gasteiger partial charge in [0.05, 0.1) is 11.5 Å². The van der Waals surface area contributed by atoms with Crippen molar-refractivity contribution < 1.29 is 10.0 Å². The van der Waals surface area contributed by atoms with Crippen molar-refractivity contribution in [3.8, 4) is 0 Å². The number of nitro groups is 1. The minimum Gasteiger partial charge on any atom is -0.258 e. The van der Waals surface area contributed by atoms with Crippen molar-refractivity contribution in [1.82, 2.24) is 0 Å². The summed E-state index contributed by atoms with van der Waals surface area (Å²) in [7, 11) is 0. The molecule has 0 unspecified atom stereocenters. The number of non-ortho nitro benzene ring substituents is 1. The van der Waals surface area contributed by atoms with Gasteiger partial charge in [-0.15, -0.1) is 0 Å². The third kappa shape index (κ3) is 5.45. The molecule has 0 aliphatic heterocycles. The van der Waals surface area contributed by atoms with E-state index in [-0.39, 0.29) is 17.2 Å². The summed E-state index contributed by atoms with van der Waals surface area (Å²) in [6.45, 7) is 0.0301. The maximum Gasteiger partial charge on any atom is 0.269 e. The maximum atomic E-state index is 10.5. The van der Waals surface area contributed by atoms with Crippen LogP contribution in [0.2, 0.25) is 0 Å². The van der Waals surface area contributed by atoms with Crippen molar-refractivity contribution in [2.75, 3.05) is 6.61 Å². The lowest BCUT2D eigenvalue weighted by Gasteiger charge is -2.01. The Morgan fingerprint density at radius 3 is 2.12 bits per heavy atom. The van der Waals surface area contributed by atoms with Gasteiger partial charge in [-0.2, -0.15) is 0 Å². The van der Waals surface area contributed by atoms with E-state index in [1.54, 1.807) is 12.1 Å². The first-order chi connectivity index (χ1) is 8.24. The van der Waals surface area contributed by atoms with E-state index in [0.717, 1.165) is 44.1 Å². The third-order valence-corrected chi connectivity index (χ3v) is 2.76. The lowest BCUT2D eigenvalue weighted by Crippen LogP contribution is -1.90. The first-order valence-corrected chi connectivity index (χ1v) is 6.05. The van der Waals surface area contributed by atoms with E-state index in [1.165, 1.54) is 0 Å². The molecule has 1 aromatic carbocycles. The van der Waals surface area contributed by atoms with Crippen LogP contribution in [0.15, 0.2) is 24.3 Å². The highest BCUT2D eigenvalue weighted by molar-refractivity contribution is 5.32. The number of nitro benzene ring substituents is 1. The summed E-state index contributed by atoms with van der Waals surface area (Å²) < 4.78 is 0. The Morgan fingerprint density at radius 2 is 1.53 bits per heavy atom. The van der Waals surface area contributed by atoms with Gasteiger partial charge in [0, 0.05) is 12.1 Å². The molecule has 0 atom stereocenters. The van der Waals surface area contributed by atoms with Crippen molar-refractivity contribution >= 4 is 5.69 Å². The topological polar surface area (TPSA) is 63.0 Å². The minimum atomic E-state index is -0.382. The van der Waals surface area contributed by atoms with E-state index >= 15 is 0 Å². The second kappa shape index (κ2) is 7.79. The van der Waals surface area contributed by atoms with Crippen LogP contribution >= 0.6 is 0 Å². The molecule has 0 aliphatic carbocycles. The largest absolute Gasteiger partial charge is 0.269 e. The fraction of sp³-hybridized carbons (Fsp3) is 0.538. The van der Waals surface area contributed by atoms with Crippen molar-refractivity contribution in [2.24, 2.45) is 0 Å². The molecule has 0 bridgehead atoms. The van der Waals surface area contributed by atoms with E-state index in [0.29, 0.717) is 0 Å². The maximum absolute atomic E-state index is 10.5. The van der Waals surface area contributed by atoms with E-state index in [4.69, 9.17) is 0 Å². The van der Waals surface area contributed by atoms with Gasteiger partial charge in [0.2, 0.25) is 0 Å². The van der Waals surface area contributed by atoms with Crippen LogP contribution in [0, 0.1) is 10.1 Å². The molecular formula is C13H18NO3. The highest BCUT2D eigenvalue weighted by Crippen LogP contribution is 2.14. The Bertz CT molecular complexity index is 335. The molecular weight excluding hydrogens is 218 g/mol. The third-order valence-electron chi connectivity index (χ3n) is 2.76. The second-order valence-corrected chi connectivity index (χ2v) is 4.15. The van der Waals surface area contributed by atoms with Crippen LogP contribution in [0.25, 0.3) is 0 Å². The number of nitrogens with zero attached hydrogens (tertiary/aromatic N) is 1. The highest BCUT2D eigenvalue weighted by atomic mass is 16.6. The van der Waals surface area contributed by atoms with Crippen LogP contribution in [0.3, 0.4) is 0 Å². The molecule has 0 saturated carbocycles. The van der Waals surface area contributed by atoms with Crippen LogP contribution in [-0.4, -0.2) is 11.5 Å². The molecule has 1 radical (unpaired) electrons. The van der Waals surface area contributed by atoms with Crippen LogP contribution < -0.4 is 0 Å². The van der Waals surface area contributed by atoms with Gasteiger partial charge in [0.15, 0.2) is 0 Å². The molecule has 0 N–H and O–H groups in total. The molecule has 0 aliphatic rings. The highest BCUT2D eigenvalue weighted by Gasteiger charge is 2.03. The number of aryl methyl sites for hydroxylation is 1. The number of unbranched alkanes of at least 4 members (excludes halogenated alkanes) is 4. The number of benzene rings is 1. The van der Waals surface area contributed by atoms with Crippen LogP contribution in [0.5, 0.6) is 0 Å². The normalized spacial score (nSPS) is 10.4. The van der Waals surface area contributed by atoms with Crippen molar-refractivity contribution in [3.63, 3.8) is 0 Å². The lowest BCUT2D eigenvalue weighted by atomic mass is 10.1. The molecule has 0 spiro atoms. The summed E-state index contributed by atoms with van der Waals surface area (Å²) in [4.78, 5) is 10.1. The monoisotopic (exact) mass is 236 g/mol. The summed E-state index contributed by atoms with van der Waals surface area (Å²) >= 11 is 0. The van der Waals surface area contributed by atoms with Gasteiger partial charge in [0.1, 0.15) is 0 Å². The predicted octanol–water partition coefficient (Wildman–Crippen LogP) is 3.52. The van der Waals surface area contributed by atoms with Gasteiger partial charge >= 0.3 is 0 Å². The fourth-order valence-electron chi connectivity index (χ4n) is 1.75. The Kier molecular flexibility index (Phi) is 6.25. The lowest BCUT2D eigenvalue weighted by molar-refractivity contribution is -0.384. The van der Waals surface area contributed by atoms with E-state index in [2.05, 4.69) is 0 Å². The summed E-state index contributed by atoms with van der Waals surface area (Å²) in [5, 5.41) is 20.7. The molecule has 0 aromatic heterocycles. The van der Waals surface area contributed by atoms with Crippen LogP contribution in [0.4, 0.5) is 5.69 Å². The van der Waals surface area contributed by atoms with E-state index in [9.17, 15) is 15.2 Å². The van der Waals surface area contributed by atoms with Gasteiger partial charge < -0.3 is 0 Å². The molecule has 17 heavy (non-hydrogen) atoms. The standard InChI is InChI=1S/C13H18NO3/c15-11-5-3-1-2-4-6-12-7-9-13(10-8-12)14(16)17/h7-10H,1-6,11H2. The predicted molar refractivity (Wildman–Crippen MR) is 65.4 cm³/mol. The van der Waals surface area contributed by atoms with Crippen LogP contribution in [-0.2, 0) is 11.5 Å². The Morgan fingerprint density at radius 1 is 0.941 bits per heavy atom. The van der Waals surface area contributed by atoms with Gasteiger partial charge in [-0.25, -0.2) is 5.11 Å². The quantitative estimate of drug-likeness (QED) is 0.394. The first kappa shape index (κ1) is 13.6. The molecule has 1 aromatic rings. The summed E-state index contributed by atoms with van der Waals surface area (Å²) in [6, 6.07) is 6.73. The molecule has 4 nitrogen and oxygen atoms in total. The second-order valence-electron chi connectivity index (χ2n) is 4.15. The SMILES string of the molecule is [O]CCCCCCCc1ccc([N+](=O)[O-])cc1. The zero-order chi connectivity index (χ0) is 12.5. The molecule has 4 heteroatoms. The molecule has 93 valence electrons. The smallest absolute Gasteiger partial charge is 0.258 e. The van der Waals surface area contributed by atoms with Crippen molar-refractivity contribution in [2.45, 2.75) is 38.5 Å². The Hall–Kier alpha value is -1.42. The average molecular weight is 236 g/mol. The minimum absolute atomic E-state index is 0.0301. The zero-order valence-corrected chi connectivity index (χ0v) is 9.93. The van der Waals surface area contributed by atoms with Crippen molar-refractivity contribution in [1.29, 1.82) is 0 Å². The fourth-order valence-corrected chi connectivity index (χ4v) is 1.75. The molecule has 0 amide bonds. The zero-order valence-electron chi connectivity index (χ0n) is 9.93. The van der Waals surface area contributed by atoms with Gasteiger partial charge in [0.25, 0.3) is 5.69 Å². The Balaban J connectivity index is 2.21. The molecule has 0 fully saturated rings. The van der Waals surface area contributed by atoms with Crippen LogP contribution in [0.1, 0.15) is 37.7 Å². The average Bonchev–Trinajstić information content (AvgIpc) is 2.34. The van der Waals surface area contributed by atoms with Gasteiger partial charge in [-0.3, -0.25) is 10.1 Å². The summed E-state index contributed by atoms with van der Waals surface area (Å²) in [5.74, 6) is 0. The number of hydrogen-bond donors (Lipinski definition) is 0. The first-order valence-electron chi connectivity index (χ1n) is 6.05. The molecule has 1 rings (SSSR count). The van der Waals surface area contributed by atoms with Gasteiger partial charge in [-0.1, -0.05) is 31.4 Å². The van der Waals surface area contributed by atoms with E-state index < -0.39 is 0 Å². The number of hydrogen-bond acceptors (Lipinski definition) is 2. The molecule has 0 saturated heterocycles. The summed E-state index contributed by atoms with van der Waals surface area (Å²) in [5.41, 5.74) is 1.28. The van der Waals surface area contributed by atoms with Crippen molar-refractivity contribution in [3.05, 3.63) is 39.9 Å². The molecule has 0 heterocycles. The number of rotatable bonds is 8. The summed E-state index contributed by atoms with van der Waals surface area (Å²) in [6.07, 6.45) is 6.06. The van der Waals surface area contributed by atoms with E-state index in [1.807, 2.05) is 12.1 Å². The Labute approximate surface area is 101 Å².